The summed E-state index contributed by atoms with van der Waals surface area (Å²) in [4.78, 5) is 4.26. The fourth-order valence-electron chi connectivity index (χ4n) is 1.33. The normalized spacial score (nSPS) is 11.1. The smallest absolute Gasteiger partial charge is 0.129 e. The van der Waals surface area contributed by atoms with Crippen LogP contribution in [0.1, 0.15) is 39.1 Å². The molecular formula is C9H15ClN2. The van der Waals surface area contributed by atoms with Crippen LogP contribution in [0.4, 0.5) is 0 Å². The minimum absolute atomic E-state index is 0.404. The fraction of sp³-hybridized carbons (Fsp3) is 0.667. The molecule has 0 aliphatic rings. The van der Waals surface area contributed by atoms with E-state index >= 15 is 0 Å². The topological polar surface area (TPSA) is 17.8 Å². The Hall–Kier alpha value is -0.500. The van der Waals surface area contributed by atoms with E-state index in [1.54, 1.807) is 6.20 Å². The Labute approximate surface area is 78.6 Å². The van der Waals surface area contributed by atoms with E-state index in [2.05, 4.69) is 30.3 Å². The van der Waals surface area contributed by atoms with E-state index < -0.39 is 0 Å². The van der Waals surface area contributed by atoms with Crippen LogP contribution < -0.4 is 0 Å². The highest BCUT2D eigenvalue weighted by molar-refractivity contribution is 6.29. The van der Waals surface area contributed by atoms with Crippen LogP contribution in [-0.2, 0) is 6.42 Å². The van der Waals surface area contributed by atoms with Crippen LogP contribution in [-0.4, -0.2) is 9.55 Å². The van der Waals surface area contributed by atoms with Crippen LogP contribution in [0.25, 0.3) is 0 Å². The molecule has 1 aromatic heterocycles. The lowest BCUT2D eigenvalue weighted by atomic mass is 10.3. The van der Waals surface area contributed by atoms with Crippen molar-refractivity contribution in [3.05, 3.63) is 17.2 Å². The number of aryl methyl sites for hydroxylation is 1. The molecule has 0 radical (unpaired) electrons. The van der Waals surface area contributed by atoms with Crippen molar-refractivity contribution in [2.45, 2.75) is 39.7 Å². The Bertz CT molecular complexity index is 253. The summed E-state index contributed by atoms with van der Waals surface area (Å²) in [6.07, 6.45) is 3.84. The monoisotopic (exact) mass is 186 g/mol. The molecule has 0 unspecified atom stereocenters. The van der Waals surface area contributed by atoms with Gasteiger partial charge in [0.1, 0.15) is 11.0 Å². The molecule has 0 saturated carbocycles. The molecule has 68 valence electrons. The molecule has 0 bridgehead atoms. The van der Waals surface area contributed by atoms with E-state index in [0.29, 0.717) is 6.04 Å². The SMILES string of the molecule is CCCc1ncc(Cl)n1C(C)C. The van der Waals surface area contributed by atoms with Gasteiger partial charge in [-0.3, -0.25) is 0 Å². The number of imidazole rings is 1. The number of halogens is 1. The van der Waals surface area contributed by atoms with Gasteiger partial charge in [0.25, 0.3) is 0 Å². The Kier molecular flexibility index (Phi) is 3.15. The molecule has 0 saturated heterocycles. The molecule has 1 aromatic rings. The third kappa shape index (κ3) is 1.81. The summed E-state index contributed by atoms with van der Waals surface area (Å²) >= 11 is 5.98. The molecule has 0 aliphatic carbocycles. The van der Waals surface area contributed by atoms with Crippen molar-refractivity contribution in [1.29, 1.82) is 0 Å². The maximum absolute atomic E-state index is 5.98. The summed E-state index contributed by atoms with van der Waals surface area (Å²) in [6.45, 7) is 6.38. The minimum Gasteiger partial charge on any atom is -0.317 e. The van der Waals surface area contributed by atoms with Crippen LogP contribution in [0, 0.1) is 0 Å². The minimum atomic E-state index is 0.404. The quantitative estimate of drug-likeness (QED) is 0.710. The molecule has 0 spiro atoms. The second kappa shape index (κ2) is 3.94. The van der Waals surface area contributed by atoms with E-state index in [4.69, 9.17) is 11.6 Å². The van der Waals surface area contributed by atoms with Gasteiger partial charge >= 0.3 is 0 Å². The molecule has 0 atom stereocenters. The highest BCUT2D eigenvalue weighted by Gasteiger charge is 2.09. The van der Waals surface area contributed by atoms with Crippen molar-refractivity contribution in [3.8, 4) is 0 Å². The second-order valence-electron chi connectivity index (χ2n) is 3.21. The molecule has 12 heavy (non-hydrogen) atoms. The van der Waals surface area contributed by atoms with Crippen molar-refractivity contribution < 1.29 is 0 Å². The average Bonchev–Trinajstić information content (AvgIpc) is 2.32. The van der Waals surface area contributed by atoms with Gasteiger partial charge in [0.2, 0.25) is 0 Å². The Morgan fingerprint density at radius 3 is 2.75 bits per heavy atom. The molecule has 0 aromatic carbocycles. The number of rotatable bonds is 3. The molecule has 2 nitrogen and oxygen atoms in total. The van der Waals surface area contributed by atoms with Gasteiger partial charge < -0.3 is 4.57 Å². The number of nitrogens with zero attached hydrogens (tertiary/aromatic N) is 2. The van der Waals surface area contributed by atoms with Gasteiger partial charge in [-0.1, -0.05) is 18.5 Å². The highest BCUT2D eigenvalue weighted by atomic mass is 35.5. The summed E-state index contributed by atoms with van der Waals surface area (Å²) < 4.78 is 2.07. The first-order valence-corrected chi connectivity index (χ1v) is 4.76. The lowest BCUT2D eigenvalue weighted by molar-refractivity contribution is 0.565. The van der Waals surface area contributed by atoms with E-state index in [-0.39, 0.29) is 0 Å². The lowest BCUT2D eigenvalue weighted by Gasteiger charge is -2.11. The van der Waals surface area contributed by atoms with Crippen LogP contribution in [0.2, 0.25) is 5.15 Å². The summed E-state index contributed by atoms with van der Waals surface area (Å²) in [5, 5.41) is 0.744. The van der Waals surface area contributed by atoms with Crippen molar-refractivity contribution in [2.24, 2.45) is 0 Å². The predicted octanol–water partition coefficient (Wildman–Crippen LogP) is 3.07. The third-order valence-corrected chi connectivity index (χ3v) is 2.10. The lowest BCUT2D eigenvalue weighted by Crippen LogP contribution is -2.06. The van der Waals surface area contributed by atoms with Crippen molar-refractivity contribution in [1.82, 2.24) is 9.55 Å². The second-order valence-corrected chi connectivity index (χ2v) is 3.60. The summed E-state index contributed by atoms with van der Waals surface area (Å²) in [5.74, 6) is 1.09. The van der Waals surface area contributed by atoms with Gasteiger partial charge in [-0.2, -0.15) is 0 Å². The van der Waals surface area contributed by atoms with Gasteiger partial charge in [-0.15, -0.1) is 0 Å². The van der Waals surface area contributed by atoms with Gasteiger partial charge in [0.05, 0.1) is 6.20 Å². The maximum atomic E-state index is 5.98. The molecular weight excluding hydrogens is 172 g/mol. The zero-order chi connectivity index (χ0) is 9.14. The third-order valence-electron chi connectivity index (χ3n) is 1.82. The zero-order valence-electron chi connectivity index (χ0n) is 7.84. The molecule has 0 amide bonds. The van der Waals surface area contributed by atoms with E-state index in [0.717, 1.165) is 23.8 Å². The number of aromatic nitrogens is 2. The summed E-state index contributed by atoms with van der Waals surface area (Å²) in [5.41, 5.74) is 0. The predicted molar refractivity (Wildman–Crippen MR) is 51.6 cm³/mol. The molecule has 1 heterocycles. The first-order valence-electron chi connectivity index (χ1n) is 4.38. The maximum Gasteiger partial charge on any atom is 0.129 e. The zero-order valence-corrected chi connectivity index (χ0v) is 8.60. The van der Waals surface area contributed by atoms with Crippen LogP contribution in [0.5, 0.6) is 0 Å². The Morgan fingerprint density at radius 2 is 2.25 bits per heavy atom. The summed E-state index contributed by atoms with van der Waals surface area (Å²) in [7, 11) is 0. The van der Waals surface area contributed by atoms with E-state index in [1.807, 2.05) is 0 Å². The molecule has 1 rings (SSSR count). The van der Waals surface area contributed by atoms with Crippen molar-refractivity contribution in [3.63, 3.8) is 0 Å². The largest absolute Gasteiger partial charge is 0.317 e. The molecule has 3 heteroatoms. The van der Waals surface area contributed by atoms with Crippen LogP contribution in [0.15, 0.2) is 6.20 Å². The highest BCUT2D eigenvalue weighted by Crippen LogP contribution is 2.18. The average molecular weight is 187 g/mol. The molecule has 0 fully saturated rings. The Morgan fingerprint density at radius 1 is 1.58 bits per heavy atom. The first-order chi connectivity index (χ1) is 5.66. The number of hydrogen-bond acceptors (Lipinski definition) is 1. The summed E-state index contributed by atoms with van der Waals surface area (Å²) in [6, 6.07) is 0.404. The van der Waals surface area contributed by atoms with Crippen LogP contribution >= 0.6 is 11.6 Å². The molecule has 0 N–H and O–H groups in total. The fourth-order valence-corrected chi connectivity index (χ4v) is 1.67. The van der Waals surface area contributed by atoms with E-state index in [1.165, 1.54) is 0 Å². The molecule has 0 aliphatic heterocycles. The van der Waals surface area contributed by atoms with Gasteiger partial charge in [-0.05, 0) is 20.3 Å². The standard InChI is InChI=1S/C9H15ClN2/c1-4-5-9-11-6-8(10)12(9)7(2)3/h6-7H,4-5H2,1-3H3. The number of hydrogen-bond donors (Lipinski definition) is 0. The van der Waals surface area contributed by atoms with Crippen molar-refractivity contribution in [2.75, 3.05) is 0 Å². The van der Waals surface area contributed by atoms with Crippen molar-refractivity contribution >= 4 is 11.6 Å². The van der Waals surface area contributed by atoms with Crippen LogP contribution in [0.3, 0.4) is 0 Å². The Balaban J connectivity index is 2.95. The van der Waals surface area contributed by atoms with Gasteiger partial charge in [-0.25, -0.2) is 4.98 Å². The van der Waals surface area contributed by atoms with Gasteiger partial charge in [0, 0.05) is 12.5 Å². The van der Waals surface area contributed by atoms with E-state index in [9.17, 15) is 0 Å². The van der Waals surface area contributed by atoms with Gasteiger partial charge in [0.15, 0.2) is 0 Å². The first kappa shape index (κ1) is 9.59.